The van der Waals surface area contributed by atoms with Crippen molar-refractivity contribution in [2.24, 2.45) is 0 Å². The van der Waals surface area contributed by atoms with E-state index in [1.807, 2.05) is 29.6 Å². The van der Waals surface area contributed by atoms with Crippen molar-refractivity contribution in [2.45, 2.75) is 38.1 Å². The first-order chi connectivity index (χ1) is 13.7. The second kappa shape index (κ2) is 9.90. The molecule has 2 aromatic rings. The van der Waals surface area contributed by atoms with E-state index < -0.39 is 6.04 Å². The van der Waals surface area contributed by atoms with Crippen LogP contribution in [-0.2, 0) is 16.0 Å². The van der Waals surface area contributed by atoms with E-state index in [9.17, 15) is 9.59 Å². The van der Waals surface area contributed by atoms with E-state index in [1.165, 1.54) is 0 Å². The molecule has 0 aliphatic carbocycles. The maximum atomic E-state index is 12.8. The lowest BCUT2D eigenvalue weighted by molar-refractivity contribution is -0.136. The summed E-state index contributed by atoms with van der Waals surface area (Å²) in [6, 6.07) is 12.7. The number of anilines is 1. The molecule has 0 spiro atoms. The maximum Gasteiger partial charge on any atom is 0.247 e. The van der Waals surface area contributed by atoms with Crippen LogP contribution in [0.3, 0.4) is 0 Å². The van der Waals surface area contributed by atoms with Gasteiger partial charge in [-0.1, -0.05) is 12.1 Å². The van der Waals surface area contributed by atoms with E-state index in [-0.39, 0.29) is 11.8 Å². The molecule has 0 bridgehead atoms. The standard InChI is InChI=1S/C21H23N3O3S/c22-10-1-2-12-27-17-7-3-6-16(14-17)23-21(26)19-9-4-11-24(19)20(25)15-18-8-5-13-28-18/h3,5-8,13-14,19H,1-2,4,9,11-12,15H2,(H,23,26). The molecular formula is C21H23N3O3S. The van der Waals surface area contributed by atoms with Crippen molar-refractivity contribution in [2.75, 3.05) is 18.5 Å². The van der Waals surface area contributed by atoms with Gasteiger partial charge in [-0.3, -0.25) is 9.59 Å². The van der Waals surface area contributed by atoms with Crippen LogP contribution in [0.15, 0.2) is 41.8 Å². The number of nitriles is 1. The highest BCUT2D eigenvalue weighted by atomic mass is 32.1. The number of carbonyl (C=O) groups excluding carboxylic acids is 2. The highest BCUT2D eigenvalue weighted by Gasteiger charge is 2.34. The fourth-order valence-corrected chi connectivity index (χ4v) is 3.93. The van der Waals surface area contributed by atoms with Crippen LogP contribution in [0.4, 0.5) is 5.69 Å². The van der Waals surface area contributed by atoms with Crippen LogP contribution in [0.2, 0.25) is 0 Å². The van der Waals surface area contributed by atoms with Crippen LogP contribution in [0.25, 0.3) is 0 Å². The quantitative estimate of drug-likeness (QED) is 0.690. The van der Waals surface area contributed by atoms with E-state index in [0.29, 0.717) is 50.3 Å². The van der Waals surface area contributed by atoms with Crippen LogP contribution in [0.5, 0.6) is 5.75 Å². The van der Waals surface area contributed by atoms with Crippen molar-refractivity contribution in [3.63, 3.8) is 0 Å². The van der Waals surface area contributed by atoms with Crippen LogP contribution in [0, 0.1) is 11.3 Å². The molecule has 1 aliphatic heterocycles. The predicted molar refractivity (Wildman–Crippen MR) is 108 cm³/mol. The summed E-state index contributed by atoms with van der Waals surface area (Å²) in [5, 5.41) is 13.4. The number of nitrogens with one attached hydrogen (secondary N) is 1. The van der Waals surface area contributed by atoms with Gasteiger partial charge >= 0.3 is 0 Å². The molecule has 2 heterocycles. The largest absolute Gasteiger partial charge is 0.493 e. The lowest BCUT2D eigenvalue weighted by atomic mass is 10.2. The topological polar surface area (TPSA) is 82.4 Å². The molecule has 0 radical (unpaired) electrons. The summed E-state index contributed by atoms with van der Waals surface area (Å²) in [5.41, 5.74) is 0.639. The average molecular weight is 398 g/mol. The van der Waals surface area contributed by atoms with Crippen LogP contribution in [0.1, 0.15) is 30.6 Å². The SMILES string of the molecule is N#CCCCOc1cccc(NC(=O)C2CCCN2C(=O)Cc2cccs2)c1. The Morgan fingerprint density at radius 2 is 2.21 bits per heavy atom. The Balaban J connectivity index is 1.57. The minimum atomic E-state index is -0.437. The smallest absolute Gasteiger partial charge is 0.247 e. The van der Waals surface area contributed by atoms with Crippen molar-refractivity contribution in [1.29, 1.82) is 5.26 Å². The molecule has 1 unspecified atom stereocenters. The van der Waals surface area contributed by atoms with E-state index >= 15 is 0 Å². The van der Waals surface area contributed by atoms with E-state index in [2.05, 4.69) is 11.4 Å². The van der Waals surface area contributed by atoms with Gasteiger partial charge in [-0.15, -0.1) is 11.3 Å². The Kier molecular flexibility index (Phi) is 7.04. The Bertz CT molecular complexity index is 845. The number of likely N-dealkylation sites (tertiary alicyclic amines) is 1. The maximum absolute atomic E-state index is 12.8. The van der Waals surface area contributed by atoms with Crippen LogP contribution < -0.4 is 10.1 Å². The fraction of sp³-hybridized carbons (Fsp3) is 0.381. The molecule has 1 atom stereocenters. The van der Waals surface area contributed by atoms with Crippen molar-refractivity contribution in [3.8, 4) is 11.8 Å². The molecule has 1 N–H and O–H groups in total. The Hall–Kier alpha value is -2.85. The van der Waals surface area contributed by atoms with Gasteiger partial charge in [0.2, 0.25) is 11.8 Å². The van der Waals surface area contributed by atoms with Gasteiger partial charge in [0.25, 0.3) is 0 Å². The number of benzene rings is 1. The van der Waals surface area contributed by atoms with Crippen molar-refractivity contribution >= 4 is 28.8 Å². The van der Waals surface area contributed by atoms with Gasteiger partial charge in [-0.25, -0.2) is 0 Å². The number of rotatable bonds is 8. The molecule has 146 valence electrons. The monoisotopic (exact) mass is 397 g/mol. The van der Waals surface area contributed by atoms with E-state index in [1.54, 1.807) is 28.4 Å². The Morgan fingerprint density at radius 1 is 1.32 bits per heavy atom. The molecule has 1 aromatic carbocycles. The number of ether oxygens (including phenoxy) is 1. The molecule has 1 aromatic heterocycles. The summed E-state index contributed by atoms with van der Waals surface area (Å²) in [6.45, 7) is 1.07. The molecule has 0 saturated carbocycles. The minimum Gasteiger partial charge on any atom is -0.493 e. The zero-order chi connectivity index (χ0) is 19.8. The molecule has 2 amide bonds. The third kappa shape index (κ3) is 5.33. The van der Waals surface area contributed by atoms with E-state index in [4.69, 9.17) is 10.00 Å². The Labute approximate surface area is 168 Å². The molecule has 3 rings (SSSR count). The lowest BCUT2D eigenvalue weighted by Crippen LogP contribution is -2.43. The minimum absolute atomic E-state index is 0.00493. The second-order valence-electron chi connectivity index (χ2n) is 6.63. The molecule has 7 heteroatoms. The second-order valence-corrected chi connectivity index (χ2v) is 7.66. The number of thiophene rings is 1. The molecule has 6 nitrogen and oxygen atoms in total. The van der Waals surface area contributed by atoms with Gasteiger partial charge in [0.05, 0.1) is 19.1 Å². The highest BCUT2D eigenvalue weighted by molar-refractivity contribution is 7.10. The summed E-state index contributed by atoms with van der Waals surface area (Å²) in [7, 11) is 0. The van der Waals surface area contributed by atoms with Gasteiger partial charge < -0.3 is 15.0 Å². The number of hydrogen-bond acceptors (Lipinski definition) is 5. The molecule has 1 aliphatic rings. The number of carbonyl (C=O) groups is 2. The zero-order valence-electron chi connectivity index (χ0n) is 15.6. The van der Waals surface area contributed by atoms with Gasteiger partial charge in [0.1, 0.15) is 11.8 Å². The van der Waals surface area contributed by atoms with Gasteiger partial charge in [0.15, 0.2) is 0 Å². The predicted octanol–water partition coefficient (Wildman–Crippen LogP) is 3.60. The average Bonchev–Trinajstić information content (AvgIpc) is 3.37. The number of amides is 2. The van der Waals surface area contributed by atoms with Gasteiger partial charge in [0, 0.05) is 29.6 Å². The molecule has 1 fully saturated rings. The number of nitrogens with zero attached hydrogens (tertiary/aromatic N) is 2. The third-order valence-corrected chi connectivity index (χ3v) is 5.46. The number of hydrogen-bond donors (Lipinski definition) is 1. The summed E-state index contributed by atoms with van der Waals surface area (Å²) in [5.74, 6) is 0.473. The number of unbranched alkanes of at least 4 members (excludes halogenated alkanes) is 1. The Morgan fingerprint density at radius 3 is 3.00 bits per heavy atom. The summed E-state index contributed by atoms with van der Waals surface area (Å²) >= 11 is 1.55. The molecular weight excluding hydrogens is 374 g/mol. The molecule has 1 saturated heterocycles. The van der Waals surface area contributed by atoms with Gasteiger partial charge in [-0.05, 0) is 42.8 Å². The van der Waals surface area contributed by atoms with Crippen molar-refractivity contribution in [3.05, 3.63) is 46.7 Å². The zero-order valence-corrected chi connectivity index (χ0v) is 16.4. The third-order valence-electron chi connectivity index (χ3n) is 4.58. The van der Waals surface area contributed by atoms with Gasteiger partial charge in [-0.2, -0.15) is 5.26 Å². The van der Waals surface area contributed by atoms with Crippen LogP contribution >= 0.6 is 11.3 Å². The lowest BCUT2D eigenvalue weighted by Gasteiger charge is -2.24. The first kappa shape index (κ1) is 19.9. The molecule has 28 heavy (non-hydrogen) atoms. The van der Waals surface area contributed by atoms with Crippen molar-refractivity contribution < 1.29 is 14.3 Å². The summed E-state index contributed by atoms with van der Waals surface area (Å²) in [6.07, 6.45) is 2.96. The first-order valence-electron chi connectivity index (χ1n) is 9.40. The summed E-state index contributed by atoms with van der Waals surface area (Å²) < 4.78 is 5.61. The van der Waals surface area contributed by atoms with E-state index in [0.717, 1.165) is 11.3 Å². The highest BCUT2D eigenvalue weighted by Crippen LogP contribution is 2.23. The normalized spacial score (nSPS) is 15.8. The first-order valence-corrected chi connectivity index (χ1v) is 10.3. The summed E-state index contributed by atoms with van der Waals surface area (Å²) in [4.78, 5) is 28.1. The van der Waals surface area contributed by atoms with Crippen molar-refractivity contribution in [1.82, 2.24) is 4.90 Å². The van der Waals surface area contributed by atoms with Crippen LogP contribution in [-0.4, -0.2) is 35.9 Å². The fourth-order valence-electron chi connectivity index (χ4n) is 3.23.